The lowest BCUT2D eigenvalue weighted by Gasteiger charge is -2.13. The zero-order valence-corrected chi connectivity index (χ0v) is 11.7. The van der Waals surface area contributed by atoms with Gasteiger partial charge in [-0.15, -0.1) is 0 Å². The molecule has 2 rings (SSSR count). The molecule has 4 nitrogen and oxygen atoms in total. The van der Waals surface area contributed by atoms with Gasteiger partial charge in [-0.3, -0.25) is 4.79 Å². The molecule has 2 aromatic carbocycles. The minimum absolute atomic E-state index is 0.0674. The van der Waals surface area contributed by atoms with Crippen LogP contribution < -0.4 is 9.47 Å². The van der Waals surface area contributed by atoms with Crippen LogP contribution >= 0.6 is 0 Å². The molecule has 0 spiro atoms. The van der Waals surface area contributed by atoms with Crippen molar-refractivity contribution in [2.45, 2.75) is 26.7 Å². The molecular weight excluding hydrogens is 256 g/mol. The van der Waals surface area contributed by atoms with E-state index in [1.807, 2.05) is 26.0 Å². The van der Waals surface area contributed by atoms with E-state index in [0.717, 1.165) is 6.42 Å². The van der Waals surface area contributed by atoms with Gasteiger partial charge in [0.25, 0.3) is 0 Å². The van der Waals surface area contributed by atoms with E-state index in [-0.39, 0.29) is 11.7 Å². The Morgan fingerprint density at radius 2 is 1.85 bits per heavy atom. The third-order valence-corrected chi connectivity index (χ3v) is 2.92. The molecule has 1 N–H and O–H groups in total. The van der Waals surface area contributed by atoms with Crippen molar-refractivity contribution in [3.63, 3.8) is 0 Å². The zero-order chi connectivity index (χ0) is 14.5. The van der Waals surface area contributed by atoms with Gasteiger partial charge in [-0.2, -0.15) is 0 Å². The van der Waals surface area contributed by atoms with Crippen LogP contribution in [-0.2, 0) is 4.79 Å². The molecule has 0 aliphatic rings. The number of fused-ring (bicyclic) bond motifs is 1. The Labute approximate surface area is 117 Å². The first-order valence-corrected chi connectivity index (χ1v) is 6.75. The van der Waals surface area contributed by atoms with Gasteiger partial charge in [0.2, 0.25) is 0 Å². The first-order valence-electron chi connectivity index (χ1n) is 6.75. The van der Waals surface area contributed by atoms with Gasteiger partial charge in [0.05, 0.1) is 6.61 Å². The lowest BCUT2D eigenvalue weighted by atomic mass is 10.1. The molecule has 0 saturated heterocycles. The summed E-state index contributed by atoms with van der Waals surface area (Å²) in [4.78, 5) is 11.7. The van der Waals surface area contributed by atoms with E-state index in [4.69, 9.17) is 9.47 Å². The van der Waals surface area contributed by atoms with Crippen molar-refractivity contribution >= 4 is 16.7 Å². The van der Waals surface area contributed by atoms with Crippen molar-refractivity contribution in [2.24, 2.45) is 0 Å². The van der Waals surface area contributed by atoms with Crippen molar-refractivity contribution < 1.29 is 19.4 Å². The van der Waals surface area contributed by atoms with E-state index < -0.39 is 0 Å². The maximum absolute atomic E-state index is 11.7. The maximum Gasteiger partial charge on any atom is 0.311 e. The molecule has 4 heteroatoms. The Morgan fingerprint density at radius 1 is 1.15 bits per heavy atom. The van der Waals surface area contributed by atoms with Crippen LogP contribution in [0.25, 0.3) is 10.8 Å². The van der Waals surface area contributed by atoms with E-state index in [9.17, 15) is 9.90 Å². The molecule has 0 heterocycles. The monoisotopic (exact) mass is 274 g/mol. The molecule has 0 bridgehead atoms. The predicted octanol–water partition coefficient (Wildman–Crippen LogP) is 3.65. The number of carbonyl (C=O) groups is 1. The van der Waals surface area contributed by atoms with Gasteiger partial charge in [-0.05, 0) is 13.3 Å². The number of phenolic OH excluding ortho intramolecular Hbond substituents is 1. The Hall–Kier alpha value is -2.23. The summed E-state index contributed by atoms with van der Waals surface area (Å²) in [5.74, 6) is 0.523. The van der Waals surface area contributed by atoms with Gasteiger partial charge in [0.15, 0.2) is 11.5 Å². The molecule has 20 heavy (non-hydrogen) atoms. The molecule has 0 atom stereocenters. The molecule has 0 aromatic heterocycles. The summed E-state index contributed by atoms with van der Waals surface area (Å²) in [7, 11) is 0. The normalized spacial score (nSPS) is 10.5. The lowest BCUT2D eigenvalue weighted by molar-refractivity contribution is -0.134. The number of aromatic hydroxyl groups is 1. The summed E-state index contributed by atoms with van der Waals surface area (Å²) >= 11 is 0. The fourth-order valence-corrected chi connectivity index (χ4v) is 2.03. The second-order valence-electron chi connectivity index (χ2n) is 4.42. The predicted molar refractivity (Wildman–Crippen MR) is 77.3 cm³/mol. The van der Waals surface area contributed by atoms with Crippen molar-refractivity contribution in [2.75, 3.05) is 6.61 Å². The van der Waals surface area contributed by atoms with Crippen LogP contribution in [0.2, 0.25) is 0 Å². The van der Waals surface area contributed by atoms with Crippen molar-refractivity contribution in [1.29, 1.82) is 0 Å². The molecule has 2 aromatic rings. The summed E-state index contributed by atoms with van der Waals surface area (Å²) in [6.07, 6.45) is 1.09. The standard InChI is InChI=1S/C16H18O4/c1-3-7-15(17)20-13-10-14(19-4-2)16(18)12-9-6-5-8-11(12)13/h5-6,8-10,18H,3-4,7H2,1-2H3. The number of rotatable bonds is 5. The van der Waals surface area contributed by atoms with Gasteiger partial charge in [0.1, 0.15) is 5.75 Å². The first kappa shape index (κ1) is 14.2. The van der Waals surface area contributed by atoms with Crippen LogP contribution in [0, 0.1) is 0 Å². The number of benzene rings is 2. The van der Waals surface area contributed by atoms with E-state index >= 15 is 0 Å². The van der Waals surface area contributed by atoms with Crippen molar-refractivity contribution in [3.8, 4) is 17.2 Å². The second kappa shape index (κ2) is 6.28. The quantitative estimate of drug-likeness (QED) is 0.668. The molecule has 0 fully saturated rings. The van der Waals surface area contributed by atoms with Crippen LogP contribution in [0.5, 0.6) is 17.2 Å². The van der Waals surface area contributed by atoms with E-state index in [0.29, 0.717) is 35.3 Å². The van der Waals surface area contributed by atoms with Gasteiger partial charge < -0.3 is 14.6 Å². The summed E-state index contributed by atoms with van der Waals surface area (Å²) in [6, 6.07) is 8.78. The molecule has 106 valence electrons. The largest absolute Gasteiger partial charge is 0.504 e. The van der Waals surface area contributed by atoms with Crippen LogP contribution in [0.4, 0.5) is 0 Å². The van der Waals surface area contributed by atoms with Crippen LogP contribution in [0.15, 0.2) is 30.3 Å². The summed E-state index contributed by atoms with van der Waals surface area (Å²) in [6.45, 7) is 4.17. The highest BCUT2D eigenvalue weighted by molar-refractivity contribution is 5.96. The number of esters is 1. The zero-order valence-electron chi connectivity index (χ0n) is 11.7. The fraction of sp³-hybridized carbons (Fsp3) is 0.312. The molecule has 0 aliphatic carbocycles. The minimum atomic E-state index is -0.286. The Kier molecular flexibility index (Phi) is 4.45. The molecule has 0 radical (unpaired) electrons. The third-order valence-electron chi connectivity index (χ3n) is 2.92. The van der Waals surface area contributed by atoms with Crippen LogP contribution in [0.1, 0.15) is 26.7 Å². The molecule has 0 aliphatic heterocycles. The number of hydrogen-bond donors (Lipinski definition) is 1. The first-order chi connectivity index (χ1) is 9.67. The summed E-state index contributed by atoms with van der Waals surface area (Å²) < 4.78 is 10.8. The minimum Gasteiger partial charge on any atom is -0.504 e. The Balaban J connectivity index is 2.51. The fourth-order valence-electron chi connectivity index (χ4n) is 2.03. The maximum atomic E-state index is 11.7. The summed E-state index contributed by atoms with van der Waals surface area (Å²) in [5.41, 5.74) is 0. The van der Waals surface area contributed by atoms with E-state index in [1.54, 1.807) is 18.2 Å². The topological polar surface area (TPSA) is 55.8 Å². The second-order valence-corrected chi connectivity index (χ2v) is 4.42. The van der Waals surface area contributed by atoms with Gasteiger partial charge >= 0.3 is 5.97 Å². The number of ether oxygens (including phenoxy) is 2. The highest BCUT2D eigenvalue weighted by Gasteiger charge is 2.15. The van der Waals surface area contributed by atoms with Gasteiger partial charge in [-0.1, -0.05) is 31.2 Å². The van der Waals surface area contributed by atoms with Gasteiger partial charge in [0, 0.05) is 23.3 Å². The Bertz CT molecular complexity index is 619. The van der Waals surface area contributed by atoms with Crippen molar-refractivity contribution in [1.82, 2.24) is 0 Å². The Morgan fingerprint density at radius 3 is 2.50 bits per heavy atom. The van der Waals surface area contributed by atoms with Crippen LogP contribution in [-0.4, -0.2) is 17.7 Å². The molecule has 0 saturated carbocycles. The van der Waals surface area contributed by atoms with E-state index in [2.05, 4.69) is 0 Å². The van der Waals surface area contributed by atoms with Crippen LogP contribution in [0.3, 0.4) is 0 Å². The number of carbonyl (C=O) groups excluding carboxylic acids is 1. The number of hydrogen-bond acceptors (Lipinski definition) is 4. The third kappa shape index (κ3) is 2.85. The molecule has 0 unspecified atom stereocenters. The van der Waals surface area contributed by atoms with E-state index in [1.165, 1.54) is 0 Å². The highest BCUT2D eigenvalue weighted by atomic mass is 16.5. The van der Waals surface area contributed by atoms with Gasteiger partial charge in [-0.25, -0.2) is 0 Å². The average molecular weight is 274 g/mol. The smallest absolute Gasteiger partial charge is 0.311 e. The number of phenols is 1. The molecule has 0 amide bonds. The summed E-state index contributed by atoms with van der Waals surface area (Å²) in [5, 5.41) is 11.5. The van der Waals surface area contributed by atoms with Crippen molar-refractivity contribution in [3.05, 3.63) is 30.3 Å². The average Bonchev–Trinajstić information content (AvgIpc) is 2.44. The highest BCUT2D eigenvalue weighted by Crippen LogP contribution is 2.40. The SMILES string of the molecule is CCCC(=O)Oc1cc(OCC)c(O)c2ccccc12. The lowest BCUT2D eigenvalue weighted by Crippen LogP contribution is -2.07. The molecular formula is C16H18O4.